The summed E-state index contributed by atoms with van der Waals surface area (Å²) >= 11 is 0. The zero-order valence-corrected chi connectivity index (χ0v) is 21.2. The SMILES string of the molecule is CN=C(NCCCN1CCN(Cc2ccccc2)CC1)NCC1(CCO)CCOC1.I. The molecule has 2 fully saturated rings. The molecule has 0 aromatic heterocycles. The maximum Gasteiger partial charge on any atom is 0.190 e. The second-order valence-corrected chi connectivity index (χ2v) is 8.59. The highest BCUT2D eigenvalue weighted by atomic mass is 127. The molecule has 7 nitrogen and oxygen atoms in total. The first-order chi connectivity index (χ1) is 14.7. The van der Waals surface area contributed by atoms with Gasteiger partial charge in [0.1, 0.15) is 0 Å². The van der Waals surface area contributed by atoms with Gasteiger partial charge in [-0.3, -0.25) is 9.89 Å². The first-order valence-corrected chi connectivity index (χ1v) is 11.3. The van der Waals surface area contributed by atoms with Gasteiger partial charge >= 0.3 is 0 Å². The molecule has 0 bridgehead atoms. The van der Waals surface area contributed by atoms with E-state index >= 15 is 0 Å². The van der Waals surface area contributed by atoms with E-state index in [4.69, 9.17) is 4.74 Å². The molecule has 1 aromatic rings. The number of ether oxygens (including phenoxy) is 1. The molecule has 0 amide bonds. The number of halogens is 1. The van der Waals surface area contributed by atoms with Crippen molar-refractivity contribution in [2.45, 2.75) is 25.8 Å². The van der Waals surface area contributed by atoms with Gasteiger partial charge in [0.25, 0.3) is 0 Å². The van der Waals surface area contributed by atoms with E-state index < -0.39 is 0 Å². The summed E-state index contributed by atoms with van der Waals surface area (Å²) in [6, 6.07) is 10.7. The summed E-state index contributed by atoms with van der Waals surface area (Å²) in [6.07, 6.45) is 2.87. The Hall–Kier alpha value is -0.940. The molecule has 3 rings (SSSR count). The van der Waals surface area contributed by atoms with E-state index in [0.29, 0.717) is 6.61 Å². The monoisotopic (exact) mass is 545 g/mol. The summed E-state index contributed by atoms with van der Waals surface area (Å²) in [5.41, 5.74) is 1.44. The number of guanidine groups is 1. The van der Waals surface area contributed by atoms with E-state index in [9.17, 15) is 5.11 Å². The summed E-state index contributed by atoms with van der Waals surface area (Å²) in [5, 5.41) is 16.2. The molecule has 3 N–H and O–H groups in total. The van der Waals surface area contributed by atoms with E-state index in [1.165, 1.54) is 5.56 Å². The molecule has 0 spiro atoms. The molecule has 8 heteroatoms. The Bertz CT molecular complexity index is 632. The van der Waals surface area contributed by atoms with Crippen molar-refractivity contribution in [2.75, 3.05) is 72.7 Å². The average molecular weight is 546 g/mol. The van der Waals surface area contributed by atoms with Crippen molar-refractivity contribution in [1.82, 2.24) is 20.4 Å². The molecule has 176 valence electrons. The molecule has 0 radical (unpaired) electrons. The fraction of sp³-hybridized carbons (Fsp3) is 0.696. The molecular formula is C23H40IN5O2. The predicted molar refractivity (Wildman–Crippen MR) is 137 cm³/mol. The Kier molecular flexibility index (Phi) is 12.1. The topological polar surface area (TPSA) is 72.4 Å². The van der Waals surface area contributed by atoms with Crippen molar-refractivity contribution >= 4 is 29.9 Å². The van der Waals surface area contributed by atoms with E-state index in [0.717, 1.165) is 84.2 Å². The van der Waals surface area contributed by atoms with Crippen molar-refractivity contribution in [3.8, 4) is 0 Å². The van der Waals surface area contributed by atoms with E-state index in [-0.39, 0.29) is 36.0 Å². The number of aliphatic imine (C=N–C) groups is 1. The molecule has 0 aliphatic carbocycles. The second-order valence-electron chi connectivity index (χ2n) is 8.59. The standard InChI is InChI=1S/C23H39N5O2.HI/c1-24-22(26-19-23(8-16-29)9-17-30-20-23)25-10-5-11-27-12-14-28(15-13-27)18-21-6-3-2-4-7-21;/h2-4,6-7,29H,5,8-20H2,1H3,(H2,24,25,26);1H. The molecule has 1 atom stereocenters. The van der Waals surface area contributed by atoms with Crippen molar-refractivity contribution in [3.63, 3.8) is 0 Å². The smallest absolute Gasteiger partial charge is 0.190 e. The Morgan fingerprint density at radius 3 is 2.52 bits per heavy atom. The number of hydrogen-bond donors (Lipinski definition) is 3. The van der Waals surface area contributed by atoms with Gasteiger partial charge in [0.05, 0.1) is 6.61 Å². The van der Waals surface area contributed by atoms with Gasteiger partial charge in [-0.2, -0.15) is 0 Å². The molecule has 0 saturated carbocycles. The van der Waals surface area contributed by atoms with Crippen LogP contribution in [0, 0.1) is 5.41 Å². The van der Waals surface area contributed by atoms with Crippen LogP contribution < -0.4 is 10.6 Å². The lowest BCUT2D eigenvalue weighted by molar-refractivity contribution is 0.126. The van der Waals surface area contributed by atoms with Crippen molar-refractivity contribution in [1.29, 1.82) is 0 Å². The fourth-order valence-corrected chi connectivity index (χ4v) is 4.33. The van der Waals surface area contributed by atoms with Crippen molar-refractivity contribution in [3.05, 3.63) is 35.9 Å². The summed E-state index contributed by atoms with van der Waals surface area (Å²) < 4.78 is 5.57. The number of benzene rings is 1. The van der Waals surface area contributed by atoms with Gasteiger partial charge < -0.3 is 25.4 Å². The molecule has 1 unspecified atom stereocenters. The minimum Gasteiger partial charge on any atom is -0.396 e. The lowest BCUT2D eigenvalue weighted by atomic mass is 9.84. The van der Waals surface area contributed by atoms with Crippen LogP contribution in [-0.4, -0.2) is 93.5 Å². The van der Waals surface area contributed by atoms with Crippen LogP contribution in [0.4, 0.5) is 0 Å². The molecule has 2 heterocycles. The lowest BCUT2D eigenvalue weighted by Crippen LogP contribution is -2.47. The van der Waals surface area contributed by atoms with Crippen LogP contribution in [0.1, 0.15) is 24.8 Å². The van der Waals surface area contributed by atoms with E-state index in [1.54, 1.807) is 0 Å². The fourth-order valence-electron chi connectivity index (χ4n) is 4.33. The van der Waals surface area contributed by atoms with E-state index in [1.807, 2.05) is 7.05 Å². The van der Waals surface area contributed by atoms with Crippen LogP contribution in [0.25, 0.3) is 0 Å². The Morgan fingerprint density at radius 2 is 1.87 bits per heavy atom. The second kappa shape index (κ2) is 14.3. The zero-order chi connectivity index (χ0) is 21.1. The predicted octanol–water partition coefficient (Wildman–Crippen LogP) is 1.77. The summed E-state index contributed by atoms with van der Waals surface area (Å²) in [7, 11) is 1.81. The first kappa shape index (κ1) is 26.3. The first-order valence-electron chi connectivity index (χ1n) is 11.3. The number of nitrogens with zero attached hydrogens (tertiary/aromatic N) is 3. The summed E-state index contributed by atoms with van der Waals surface area (Å²) in [6.45, 7) is 10.1. The lowest BCUT2D eigenvalue weighted by Gasteiger charge is -2.34. The third kappa shape index (κ3) is 8.84. The highest BCUT2D eigenvalue weighted by Crippen LogP contribution is 2.31. The molecule has 2 aliphatic rings. The molecule has 1 aromatic carbocycles. The van der Waals surface area contributed by atoms with Crippen LogP contribution in [0.15, 0.2) is 35.3 Å². The maximum atomic E-state index is 9.36. The third-order valence-corrected chi connectivity index (χ3v) is 6.34. The van der Waals surface area contributed by atoms with Crippen molar-refractivity contribution < 1.29 is 9.84 Å². The number of nitrogens with one attached hydrogen (secondary N) is 2. The van der Waals surface area contributed by atoms with E-state index in [2.05, 4.69) is 55.8 Å². The minimum absolute atomic E-state index is 0. The van der Waals surface area contributed by atoms with Crippen LogP contribution in [0.2, 0.25) is 0 Å². The zero-order valence-electron chi connectivity index (χ0n) is 18.9. The minimum atomic E-state index is 0. The Balaban J connectivity index is 0.00000341. The number of rotatable bonds is 10. The molecular weight excluding hydrogens is 505 g/mol. The summed E-state index contributed by atoms with van der Waals surface area (Å²) in [5.74, 6) is 0.840. The number of hydrogen-bond acceptors (Lipinski definition) is 5. The molecule has 2 saturated heterocycles. The summed E-state index contributed by atoms with van der Waals surface area (Å²) in [4.78, 5) is 9.45. The van der Waals surface area contributed by atoms with Crippen molar-refractivity contribution in [2.24, 2.45) is 10.4 Å². The van der Waals surface area contributed by atoms with Crippen LogP contribution in [-0.2, 0) is 11.3 Å². The van der Waals surface area contributed by atoms with Gasteiger partial charge in [0.15, 0.2) is 5.96 Å². The van der Waals surface area contributed by atoms with Gasteiger partial charge in [0.2, 0.25) is 0 Å². The largest absolute Gasteiger partial charge is 0.396 e. The Labute approximate surface area is 204 Å². The van der Waals surface area contributed by atoms with Gasteiger partial charge in [-0.15, -0.1) is 24.0 Å². The highest BCUT2D eigenvalue weighted by Gasteiger charge is 2.34. The Morgan fingerprint density at radius 1 is 1.13 bits per heavy atom. The maximum absolute atomic E-state index is 9.36. The van der Waals surface area contributed by atoms with Crippen LogP contribution in [0.5, 0.6) is 0 Å². The molecule has 31 heavy (non-hydrogen) atoms. The van der Waals surface area contributed by atoms with Crippen LogP contribution >= 0.6 is 24.0 Å². The normalized spacial score (nSPS) is 22.8. The number of piperazine rings is 1. The highest BCUT2D eigenvalue weighted by molar-refractivity contribution is 14.0. The van der Waals surface area contributed by atoms with Gasteiger partial charge in [-0.1, -0.05) is 30.3 Å². The van der Waals surface area contributed by atoms with Gasteiger partial charge in [-0.05, 0) is 31.4 Å². The van der Waals surface area contributed by atoms with Crippen LogP contribution in [0.3, 0.4) is 0 Å². The molecule has 2 aliphatic heterocycles. The van der Waals surface area contributed by atoms with Gasteiger partial charge in [-0.25, -0.2) is 0 Å². The number of aliphatic hydroxyl groups excluding tert-OH is 1. The average Bonchev–Trinajstić information content (AvgIpc) is 3.24. The van der Waals surface area contributed by atoms with Gasteiger partial charge in [0, 0.05) is 71.5 Å². The third-order valence-electron chi connectivity index (χ3n) is 6.34. The number of aliphatic hydroxyl groups is 1. The quantitative estimate of drug-likeness (QED) is 0.180.